The largest absolute Gasteiger partial charge is 0.349 e. The second-order valence-corrected chi connectivity index (χ2v) is 5.34. The minimum absolute atomic E-state index is 0.198. The highest BCUT2D eigenvalue weighted by atomic mass is 16.1. The molecule has 6 heteroatoms. The van der Waals surface area contributed by atoms with Crippen LogP contribution in [0.25, 0.3) is 0 Å². The molecule has 2 N–H and O–H groups in total. The SMILES string of the molecule is Cc1ccc(Nc2cc(C(=O)NCCN(C)C)ncn2)cc1. The first kappa shape index (κ1) is 15.9. The van der Waals surface area contributed by atoms with Gasteiger partial charge in [-0.25, -0.2) is 9.97 Å². The zero-order chi connectivity index (χ0) is 15.9. The summed E-state index contributed by atoms with van der Waals surface area (Å²) in [4.78, 5) is 22.2. The van der Waals surface area contributed by atoms with Crippen molar-refractivity contribution in [1.29, 1.82) is 0 Å². The molecule has 2 rings (SSSR count). The number of likely N-dealkylation sites (N-methyl/N-ethyl adjacent to an activating group) is 1. The molecule has 1 aromatic carbocycles. The Hall–Kier alpha value is -2.47. The van der Waals surface area contributed by atoms with Gasteiger partial charge in [0.15, 0.2) is 0 Å². The van der Waals surface area contributed by atoms with Crippen LogP contribution in [-0.2, 0) is 0 Å². The van der Waals surface area contributed by atoms with Crippen molar-refractivity contribution < 1.29 is 4.79 Å². The van der Waals surface area contributed by atoms with E-state index in [4.69, 9.17) is 0 Å². The minimum Gasteiger partial charge on any atom is -0.349 e. The van der Waals surface area contributed by atoms with Gasteiger partial charge in [-0.2, -0.15) is 0 Å². The van der Waals surface area contributed by atoms with Crippen LogP contribution in [0.15, 0.2) is 36.7 Å². The van der Waals surface area contributed by atoms with Crippen LogP contribution in [0.5, 0.6) is 0 Å². The maximum Gasteiger partial charge on any atom is 0.270 e. The molecule has 1 amide bonds. The predicted molar refractivity (Wildman–Crippen MR) is 87.4 cm³/mol. The van der Waals surface area contributed by atoms with Crippen molar-refractivity contribution in [2.45, 2.75) is 6.92 Å². The molecule has 0 unspecified atom stereocenters. The lowest BCUT2D eigenvalue weighted by Crippen LogP contribution is -2.31. The number of aryl methyl sites for hydroxylation is 1. The van der Waals surface area contributed by atoms with E-state index >= 15 is 0 Å². The summed E-state index contributed by atoms with van der Waals surface area (Å²) in [7, 11) is 3.92. The molecule has 0 saturated heterocycles. The Kier molecular flexibility index (Phi) is 5.43. The molecule has 6 nitrogen and oxygen atoms in total. The van der Waals surface area contributed by atoms with E-state index in [0.29, 0.717) is 18.1 Å². The number of hydrogen-bond donors (Lipinski definition) is 2. The first-order valence-corrected chi connectivity index (χ1v) is 7.13. The lowest BCUT2D eigenvalue weighted by Gasteiger charge is -2.10. The molecule has 2 aromatic rings. The number of benzene rings is 1. The Labute approximate surface area is 130 Å². The zero-order valence-corrected chi connectivity index (χ0v) is 13.1. The Morgan fingerprint density at radius 1 is 1.18 bits per heavy atom. The quantitative estimate of drug-likeness (QED) is 0.851. The van der Waals surface area contributed by atoms with Gasteiger partial charge in [0.25, 0.3) is 5.91 Å². The van der Waals surface area contributed by atoms with Gasteiger partial charge in [0.05, 0.1) is 0 Å². The number of nitrogens with one attached hydrogen (secondary N) is 2. The number of carbonyl (C=O) groups excluding carboxylic acids is 1. The van der Waals surface area contributed by atoms with E-state index in [2.05, 4.69) is 20.6 Å². The average molecular weight is 299 g/mol. The van der Waals surface area contributed by atoms with Gasteiger partial charge in [-0.15, -0.1) is 0 Å². The highest BCUT2D eigenvalue weighted by Crippen LogP contribution is 2.15. The van der Waals surface area contributed by atoms with Gasteiger partial charge in [0.2, 0.25) is 0 Å². The fraction of sp³-hybridized carbons (Fsp3) is 0.312. The molecule has 1 aromatic heterocycles. The molecular formula is C16H21N5O. The van der Waals surface area contributed by atoms with Crippen molar-refractivity contribution in [3.05, 3.63) is 47.9 Å². The number of nitrogens with zero attached hydrogens (tertiary/aromatic N) is 3. The van der Waals surface area contributed by atoms with Crippen molar-refractivity contribution in [3.8, 4) is 0 Å². The average Bonchev–Trinajstić information content (AvgIpc) is 2.49. The van der Waals surface area contributed by atoms with Crippen LogP contribution in [0, 0.1) is 6.92 Å². The molecule has 0 fully saturated rings. The van der Waals surface area contributed by atoms with Gasteiger partial charge in [0.1, 0.15) is 17.8 Å². The summed E-state index contributed by atoms with van der Waals surface area (Å²) in [6.07, 6.45) is 1.39. The van der Waals surface area contributed by atoms with Gasteiger partial charge in [-0.05, 0) is 33.2 Å². The van der Waals surface area contributed by atoms with Gasteiger partial charge in [-0.1, -0.05) is 17.7 Å². The Bertz CT molecular complexity index is 625. The standard InChI is InChI=1S/C16H21N5O/c1-12-4-6-13(7-5-12)20-15-10-14(18-11-19-15)16(22)17-8-9-21(2)3/h4-7,10-11H,8-9H2,1-3H3,(H,17,22)(H,18,19,20). The third kappa shape index (κ3) is 4.82. The summed E-state index contributed by atoms with van der Waals surface area (Å²) in [5.74, 6) is 0.396. The zero-order valence-electron chi connectivity index (χ0n) is 13.1. The van der Waals surface area contributed by atoms with Gasteiger partial charge >= 0.3 is 0 Å². The minimum atomic E-state index is -0.198. The number of hydrogen-bond acceptors (Lipinski definition) is 5. The molecule has 0 aliphatic heterocycles. The van der Waals surface area contributed by atoms with Crippen molar-refractivity contribution in [2.75, 3.05) is 32.5 Å². The molecule has 0 saturated carbocycles. The van der Waals surface area contributed by atoms with Gasteiger partial charge in [0, 0.05) is 24.8 Å². The van der Waals surface area contributed by atoms with Gasteiger partial charge < -0.3 is 15.5 Å². The van der Waals surface area contributed by atoms with Crippen molar-refractivity contribution >= 4 is 17.4 Å². The van der Waals surface area contributed by atoms with Crippen LogP contribution < -0.4 is 10.6 Å². The maximum atomic E-state index is 12.0. The summed E-state index contributed by atoms with van der Waals surface area (Å²) < 4.78 is 0. The summed E-state index contributed by atoms with van der Waals surface area (Å²) in [6, 6.07) is 9.60. The highest BCUT2D eigenvalue weighted by molar-refractivity contribution is 5.92. The topological polar surface area (TPSA) is 70.2 Å². The number of rotatable bonds is 6. The summed E-state index contributed by atoms with van der Waals surface area (Å²) in [6.45, 7) is 3.40. The number of aromatic nitrogens is 2. The Morgan fingerprint density at radius 3 is 2.59 bits per heavy atom. The molecule has 1 heterocycles. The van der Waals surface area contributed by atoms with E-state index in [9.17, 15) is 4.79 Å². The van der Waals surface area contributed by atoms with E-state index in [1.54, 1.807) is 6.07 Å². The second kappa shape index (κ2) is 7.51. The van der Waals surface area contributed by atoms with Crippen LogP contribution in [-0.4, -0.2) is 48.0 Å². The van der Waals surface area contributed by atoms with Crippen LogP contribution in [0.2, 0.25) is 0 Å². The Morgan fingerprint density at radius 2 is 1.91 bits per heavy atom. The third-order valence-corrected chi connectivity index (χ3v) is 3.07. The number of carbonyl (C=O) groups is 1. The number of anilines is 2. The Balaban J connectivity index is 2.00. The van der Waals surface area contributed by atoms with Crippen molar-refractivity contribution in [2.24, 2.45) is 0 Å². The molecule has 0 radical (unpaired) electrons. The normalized spacial score (nSPS) is 10.5. The number of amides is 1. The summed E-state index contributed by atoms with van der Waals surface area (Å²) in [5.41, 5.74) is 2.46. The fourth-order valence-corrected chi connectivity index (χ4v) is 1.82. The van der Waals surface area contributed by atoms with Crippen molar-refractivity contribution in [1.82, 2.24) is 20.2 Å². The van der Waals surface area contributed by atoms with Gasteiger partial charge in [-0.3, -0.25) is 4.79 Å². The van der Waals surface area contributed by atoms with E-state index in [-0.39, 0.29) is 5.91 Å². The molecule has 0 aliphatic carbocycles. The summed E-state index contributed by atoms with van der Waals surface area (Å²) in [5, 5.41) is 5.99. The third-order valence-electron chi connectivity index (χ3n) is 3.07. The monoisotopic (exact) mass is 299 g/mol. The van der Waals surface area contributed by atoms with E-state index < -0.39 is 0 Å². The van der Waals surface area contributed by atoms with E-state index in [1.807, 2.05) is 50.2 Å². The predicted octanol–water partition coefficient (Wildman–Crippen LogP) is 1.82. The molecule has 116 valence electrons. The fourth-order valence-electron chi connectivity index (χ4n) is 1.82. The smallest absolute Gasteiger partial charge is 0.270 e. The molecule has 22 heavy (non-hydrogen) atoms. The molecular weight excluding hydrogens is 278 g/mol. The van der Waals surface area contributed by atoms with Crippen LogP contribution in [0.1, 0.15) is 16.1 Å². The molecule has 0 spiro atoms. The molecule has 0 aliphatic rings. The van der Waals surface area contributed by atoms with Crippen LogP contribution >= 0.6 is 0 Å². The first-order chi connectivity index (χ1) is 10.5. The lowest BCUT2D eigenvalue weighted by molar-refractivity contribution is 0.0946. The maximum absolute atomic E-state index is 12.0. The first-order valence-electron chi connectivity index (χ1n) is 7.13. The van der Waals surface area contributed by atoms with Crippen LogP contribution in [0.4, 0.5) is 11.5 Å². The lowest BCUT2D eigenvalue weighted by atomic mass is 10.2. The van der Waals surface area contributed by atoms with Crippen LogP contribution in [0.3, 0.4) is 0 Å². The molecule has 0 atom stereocenters. The second-order valence-electron chi connectivity index (χ2n) is 5.34. The van der Waals surface area contributed by atoms with Crippen molar-refractivity contribution in [3.63, 3.8) is 0 Å². The van der Waals surface area contributed by atoms with E-state index in [0.717, 1.165) is 12.2 Å². The van der Waals surface area contributed by atoms with E-state index in [1.165, 1.54) is 11.9 Å². The summed E-state index contributed by atoms with van der Waals surface area (Å²) >= 11 is 0. The highest BCUT2D eigenvalue weighted by Gasteiger charge is 2.08. The molecule has 0 bridgehead atoms.